The highest BCUT2D eigenvalue weighted by molar-refractivity contribution is 5.76. The molecule has 2 aliphatic rings. The summed E-state index contributed by atoms with van der Waals surface area (Å²) >= 11 is 0. The van der Waals surface area contributed by atoms with Crippen LogP contribution in [0.2, 0.25) is 0 Å². The van der Waals surface area contributed by atoms with E-state index in [4.69, 9.17) is 0 Å². The molecule has 128 valence electrons. The number of hydrogen-bond donors (Lipinski definition) is 0. The molecule has 2 fully saturated rings. The second-order valence-corrected chi connectivity index (χ2v) is 7.36. The molecule has 3 heterocycles. The Morgan fingerprint density at radius 3 is 2.88 bits per heavy atom. The maximum absolute atomic E-state index is 12.6. The summed E-state index contributed by atoms with van der Waals surface area (Å²) in [4.78, 5) is 14.7. The van der Waals surface area contributed by atoms with Gasteiger partial charge < -0.3 is 4.90 Å². The first-order chi connectivity index (χ1) is 11.8. The molecular formula is C19H26N4O. The number of pyridine rings is 1. The fraction of sp³-hybridized carbons (Fsp3) is 0.632. The highest BCUT2D eigenvalue weighted by Gasteiger charge is 2.28. The molecule has 1 saturated heterocycles. The van der Waals surface area contributed by atoms with Crippen molar-refractivity contribution in [3.63, 3.8) is 0 Å². The molecule has 5 heteroatoms. The molecule has 2 aromatic rings. The van der Waals surface area contributed by atoms with E-state index < -0.39 is 0 Å². The minimum absolute atomic E-state index is 0.298. The van der Waals surface area contributed by atoms with E-state index in [1.54, 1.807) is 0 Å². The third-order valence-corrected chi connectivity index (χ3v) is 5.72. The number of carbonyl (C=O) groups is 1. The van der Waals surface area contributed by atoms with Crippen LogP contribution in [0.5, 0.6) is 0 Å². The highest BCUT2D eigenvalue weighted by atomic mass is 16.2. The second kappa shape index (κ2) is 6.91. The maximum atomic E-state index is 12.6. The van der Waals surface area contributed by atoms with E-state index in [0.29, 0.717) is 11.8 Å². The van der Waals surface area contributed by atoms with Gasteiger partial charge in [0.25, 0.3) is 0 Å². The number of likely N-dealkylation sites (tertiary alicyclic amines) is 1. The van der Waals surface area contributed by atoms with E-state index in [1.165, 1.54) is 25.7 Å². The molecule has 4 rings (SSSR count). The van der Waals surface area contributed by atoms with Gasteiger partial charge in [-0.1, -0.05) is 31.7 Å². The first kappa shape index (κ1) is 15.6. The number of amides is 1. The van der Waals surface area contributed by atoms with Crippen LogP contribution < -0.4 is 0 Å². The molecule has 1 saturated carbocycles. The van der Waals surface area contributed by atoms with Gasteiger partial charge in [0.1, 0.15) is 5.82 Å². The number of aromatic nitrogens is 3. The predicted molar refractivity (Wildman–Crippen MR) is 92.7 cm³/mol. The number of rotatable bonds is 4. The first-order valence-corrected chi connectivity index (χ1v) is 9.38. The molecule has 2 aromatic heterocycles. The van der Waals surface area contributed by atoms with Gasteiger partial charge in [0.2, 0.25) is 5.91 Å². The topological polar surface area (TPSA) is 50.5 Å². The summed E-state index contributed by atoms with van der Waals surface area (Å²) in [6.45, 7) is 1.69. The minimum Gasteiger partial charge on any atom is -0.342 e. The Morgan fingerprint density at radius 1 is 1.12 bits per heavy atom. The third-order valence-electron chi connectivity index (χ3n) is 5.72. The standard InChI is InChI=1S/C19H26N4O/c24-18(11-10-15-6-1-2-7-15)22-12-5-8-16(14-22)19-21-20-17-9-3-4-13-23(17)19/h3-4,9,13,15-16H,1-2,5-8,10-12,14H2. The van der Waals surface area contributed by atoms with Gasteiger partial charge in [-0.3, -0.25) is 9.20 Å². The molecule has 1 unspecified atom stereocenters. The fourth-order valence-corrected chi connectivity index (χ4v) is 4.34. The lowest BCUT2D eigenvalue weighted by molar-refractivity contribution is -0.132. The van der Waals surface area contributed by atoms with Crippen LogP contribution in [-0.2, 0) is 4.79 Å². The highest BCUT2D eigenvalue weighted by Crippen LogP contribution is 2.30. The zero-order chi connectivity index (χ0) is 16.4. The smallest absolute Gasteiger partial charge is 0.222 e. The van der Waals surface area contributed by atoms with Gasteiger partial charge in [-0.2, -0.15) is 0 Å². The molecule has 1 atom stereocenters. The Morgan fingerprint density at radius 2 is 2.00 bits per heavy atom. The van der Waals surface area contributed by atoms with Crippen LogP contribution >= 0.6 is 0 Å². The van der Waals surface area contributed by atoms with Gasteiger partial charge in [-0.05, 0) is 37.3 Å². The van der Waals surface area contributed by atoms with Crippen LogP contribution in [0, 0.1) is 5.92 Å². The van der Waals surface area contributed by atoms with E-state index in [1.807, 2.05) is 24.4 Å². The number of hydrogen-bond acceptors (Lipinski definition) is 3. The molecule has 24 heavy (non-hydrogen) atoms. The van der Waals surface area contributed by atoms with Gasteiger partial charge >= 0.3 is 0 Å². The van der Waals surface area contributed by atoms with Crippen LogP contribution in [0.25, 0.3) is 5.65 Å². The second-order valence-electron chi connectivity index (χ2n) is 7.36. The van der Waals surface area contributed by atoms with Crippen molar-refractivity contribution in [2.24, 2.45) is 5.92 Å². The van der Waals surface area contributed by atoms with Gasteiger partial charge in [-0.15, -0.1) is 10.2 Å². The Balaban J connectivity index is 1.40. The molecule has 1 aliphatic heterocycles. The average molecular weight is 326 g/mol. The van der Waals surface area contributed by atoms with Gasteiger partial charge in [-0.25, -0.2) is 0 Å². The van der Waals surface area contributed by atoms with E-state index in [2.05, 4.69) is 19.5 Å². The Bertz CT molecular complexity index is 704. The number of carbonyl (C=O) groups excluding carboxylic acids is 1. The number of piperidine rings is 1. The van der Waals surface area contributed by atoms with E-state index in [-0.39, 0.29) is 0 Å². The molecule has 0 spiro atoms. The molecular weight excluding hydrogens is 300 g/mol. The van der Waals surface area contributed by atoms with Gasteiger partial charge in [0.05, 0.1) is 0 Å². The van der Waals surface area contributed by atoms with Crippen LogP contribution in [0.1, 0.15) is 63.1 Å². The summed E-state index contributed by atoms with van der Waals surface area (Å²) in [7, 11) is 0. The lowest BCUT2D eigenvalue weighted by Gasteiger charge is -2.32. The van der Waals surface area contributed by atoms with Crippen molar-refractivity contribution in [1.29, 1.82) is 0 Å². The normalized spacial score (nSPS) is 22.3. The van der Waals surface area contributed by atoms with Crippen molar-refractivity contribution in [3.8, 4) is 0 Å². The third kappa shape index (κ3) is 3.17. The van der Waals surface area contributed by atoms with Crippen molar-refractivity contribution < 1.29 is 4.79 Å². The van der Waals surface area contributed by atoms with Crippen molar-refractivity contribution in [3.05, 3.63) is 30.2 Å². The predicted octanol–water partition coefficient (Wildman–Crippen LogP) is 3.41. The monoisotopic (exact) mass is 326 g/mol. The SMILES string of the molecule is O=C(CCC1CCCC1)N1CCCC(c2nnc3ccccn23)C1. The Hall–Kier alpha value is -1.91. The van der Waals surface area contributed by atoms with E-state index in [9.17, 15) is 4.79 Å². The Kier molecular flexibility index (Phi) is 4.50. The van der Waals surface area contributed by atoms with Gasteiger partial charge in [0, 0.05) is 31.6 Å². The van der Waals surface area contributed by atoms with Crippen molar-refractivity contribution in [1.82, 2.24) is 19.5 Å². The van der Waals surface area contributed by atoms with Crippen LogP contribution in [-0.4, -0.2) is 38.5 Å². The summed E-state index contributed by atoms with van der Waals surface area (Å²) in [6.07, 6.45) is 11.3. The van der Waals surface area contributed by atoms with Crippen LogP contribution in [0.4, 0.5) is 0 Å². The van der Waals surface area contributed by atoms with Crippen LogP contribution in [0.3, 0.4) is 0 Å². The lowest BCUT2D eigenvalue weighted by Crippen LogP contribution is -2.39. The average Bonchev–Trinajstić information content (AvgIpc) is 3.29. The molecule has 1 amide bonds. The summed E-state index contributed by atoms with van der Waals surface area (Å²) in [5.41, 5.74) is 0.886. The molecule has 1 aliphatic carbocycles. The largest absolute Gasteiger partial charge is 0.342 e. The van der Waals surface area contributed by atoms with E-state index >= 15 is 0 Å². The Labute approximate surface area is 143 Å². The molecule has 0 N–H and O–H groups in total. The summed E-state index contributed by atoms with van der Waals surface area (Å²) < 4.78 is 2.07. The maximum Gasteiger partial charge on any atom is 0.222 e. The fourth-order valence-electron chi connectivity index (χ4n) is 4.34. The lowest BCUT2D eigenvalue weighted by atomic mass is 9.96. The van der Waals surface area contributed by atoms with Crippen molar-refractivity contribution in [2.75, 3.05) is 13.1 Å². The summed E-state index contributed by atoms with van der Waals surface area (Å²) in [5.74, 6) is 2.42. The molecule has 5 nitrogen and oxygen atoms in total. The van der Waals surface area contributed by atoms with E-state index in [0.717, 1.165) is 56.2 Å². The van der Waals surface area contributed by atoms with Gasteiger partial charge in [0.15, 0.2) is 5.65 Å². The van der Waals surface area contributed by atoms with Crippen LogP contribution in [0.15, 0.2) is 24.4 Å². The minimum atomic E-state index is 0.298. The van der Waals surface area contributed by atoms with Crippen molar-refractivity contribution in [2.45, 2.75) is 57.3 Å². The first-order valence-electron chi connectivity index (χ1n) is 9.38. The molecule has 0 radical (unpaired) electrons. The zero-order valence-electron chi connectivity index (χ0n) is 14.2. The number of nitrogens with zero attached hydrogens (tertiary/aromatic N) is 4. The molecule has 0 bridgehead atoms. The number of fused-ring (bicyclic) bond motifs is 1. The molecule has 0 aromatic carbocycles. The van der Waals surface area contributed by atoms with Crippen molar-refractivity contribution >= 4 is 11.6 Å². The summed E-state index contributed by atoms with van der Waals surface area (Å²) in [6, 6.07) is 5.96. The summed E-state index contributed by atoms with van der Waals surface area (Å²) in [5, 5.41) is 8.66. The quantitative estimate of drug-likeness (QED) is 0.865. The zero-order valence-corrected chi connectivity index (χ0v) is 14.2.